The van der Waals surface area contributed by atoms with Crippen molar-refractivity contribution in [2.24, 2.45) is 5.92 Å². The molecule has 86 valence electrons. The zero-order valence-electron chi connectivity index (χ0n) is 9.83. The topological polar surface area (TPSA) is 45.1 Å². The van der Waals surface area contributed by atoms with E-state index in [0.29, 0.717) is 11.7 Å². The summed E-state index contributed by atoms with van der Waals surface area (Å²) in [4.78, 5) is 4.23. The fourth-order valence-electron chi connectivity index (χ4n) is 1.49. The molecule has 0 bridgehead atoms. The molecule has 16 heavy (non-hydrogen) atoms. The highest BCUT2D eigenvalue weighted by Crippen LogP contribution is 2.35. The van der Waals surface area contributed by atoms with Crippen LogP contribution in [0.1, 0.15) is 32.3 Å². The number of aliphatic hydroxyl groups excluding tert-OH is 1. The Balaban J connectivity index is 2.10. The average Bonchev–Trinajstić information content (AvgIpc) is 3.09. The van der Waals surface area contributed by atoms with Crippen LogP contribution in [0.25, 0.3) is 5.76 Å². The number of nitrogens with zero attached hydrogens (tertiary/aromatic N) is 1. The molecule has 0 radical (unpaired) electrons. The first kappa shape index (κ1) is 11.0. The molecule has 0 aromatic carbocycles. The monoisotopic (exact) mass is 218 g/mol. The van der Waals surface area contributed by atoms with E-state index in [4.69, 9.17) is 0 Å². The lowest BCUT2D eigenvalue weighted by Crippen LogP contribution is -2.09. The van der Waals surface area contributed by atoms with Gasteiger partial charge in [-0.15, -0.1) is 0 Å². The van der Waals surface area contributed by atoms with E-state index < -0.39 is 0 Å². The van der Waals surface area contributed by atoms with Gasteiger partial charge in [0.2, 0.25) is 0 Å². The smallest absolute Gasteiger partial charge is 0.126 e. The number of aromatic nitrogens is 1. The Morgan fingerprint density at radius 2 is 2.25 bits per heavy atom. The molecular weight excluding hydrogens is 200 g/mol. The number of hydrogen-bond donors (Lipinski definition) is 2. The summed E-state index contributed by atoms with van der Waals surface area (Å²) < 4.78 is 0. The van der Waals surface area contributed by atoms with Crippen molar-refractivity contribution in [3.8, 4) is 0 Å². The molecule has 1 fully saturated rings. The average molecular weight is 218 g/mol. The Kier molecular flexibility index (Phi) is 3.13. The number of anilines is 1. The van der Waals surface area contributed by atoms with Crippen molar-refractivity contribution >= 4 is 11.6 Å². The van der Waals surface area contributed by atoms with Crippen LogP contribution in [0.3, 0.4) is 0 Å². The minimum atomic E-state index is 0.440. The largest absolute Gasteiger partial charge is 0.507 e. The predicted molar refractivity (Wildman–Crippen MR) is 66.3 cm³/mol. The first-order valence-electron chi connectivity index (χ1n) is 5.78. The van der Waals surface area contributed by atoms with Crippen molar-refractivity contribution in [2.45, 2.75) is 26.7 Å². The fraction of sp³-hybridized carbons (Fsp3) is 0.462. The third kappa shape index (κ3) is 2.75. The van der Waals surface area contributed by atoms with Crippen molar-refractivity contribution in [2.75, 3.05) is 11.9 Å². The van der Waals surface area contributed by atoms with E-state index in [0.717, 1.165) is 36.3 Å². The maximum atomic E-state index is 9.89. The quantitative estimate of drug-likeness (QED) is 0.763. The lowest BCUT2D eigenvalue weighted by molar-refractivity contribution is 0.509. The van der Waals surface area contributed by atoms with Gasteiger partial charge in [-0.1, -0.05) is 13.8 Å². The minimum absolute atomic E-state index is 0.440. The van der Waals surface area contributed by atoms with Gasteiger partial charge < -0.3 is 10.4 Å². The summed E-state index contributed by atoms with van der Waals surface area (Å²) in [5.41, 5.74) is 2.02. The summed E-state index contributed by atoms with van der Waals surface area (Å²) in [5.74, 6) is 1.86. The van der Waals surface area contributed by atoms with Gasteiger partial charge in [-0.3, -0.25) is 0 Å². The third-order valence-electron chi connectivity index (χ3n) is 2.56. The molecule has 0 atom stereocenters. The van der Waals surface area contributed by atoms with Crippen LogP contribution in [0.15, 0.2) is 23.9 Å². The van der Waals surface area contributed by atoms with E-state index in [-0.39, 0.29) is 0 Å². The molecular formula is C13H18N2O. The highest BCUT2D eigenvalue weighted by atomic mass is 16.3. The van der Waals surface area contributed by atoms with E-state index in [2.05, 4.69) is 24.1 Å². The number of hydrogen-bond acceptors (Lipinski definition) is 3. The van der Waals surface area contributed by atoms with Gasteiger partial charge in [0.05, 0.1) is 0 Å². The summed E-state index contributed by atoms with van der Waals surface area (Å²) in [5, 5.41) is 13.1. The Morgan fingerprint density at radius 1 is 1.50 bits per heavy atom. The molecule has 1 aromatic heterocycles. The minimum Gasteiger partial charge on any atom is -0.507 e. The van der Waals surface area contributed by atoms with E-state index >= 15 is 0 Å². The fourth-order valence-corrected chi connectivity index (χ4v) is 1.49. The summed E-state index contributed by atoms with van der Waals surface area (Å²) in [6.45, 7) is 5.20. The second-order valence-corrected chi connectivity index (χ2v) is 4.66. The molecule has 0 saturated heterocycles. The molecule has 0 spiro atoms. The normalized spacial score (nSPS) is 14.1. The number of allylic oxidation sites excluding steroid dienone is 1. The Morgan fingerprint density at radius 3 is 2.88 bits per heavy atom. The lowest BCUT2D eigenvalue weighted by atomic mass is 10.2. The second-order valence-electron chi connectivity index (χ2n) is 4.66. The van der Waals surface area contributed by atoms with Crippen LogP contribution >= 0.6 is 0 Å². The SMILES string of the molecule is CC(C)CNc1cc(C(O)=C2CC2)ccn1. The van der Waals surface area contributed by atoms with Crippen LogP contribution in [0, 0.1) is 5.92 Å². The number of nitrogens with one attached hydrogen (secondary N) is 1. The first-order chi connectivity index (χ1) is 7.66. The van der Waals surface area contributed by atoms with Gasteiger partial charge in [0.15, 0.2) is 0 Å². The summed E-state index contributed by atoms with van der Waals surface area (Å²) in [6, 6.07) is 3.75. The molecule has 1 saturated carbocycles. The van der Waals surface area contributed by atoms with Gasteiger partial charge in [0.1, 0.15) is 11.6 Å². The maximum absolute atomic E-state index is 9.89. The Bertz CT molecular complexity index is 404. The standard InChI is InChI=1S/C13H18N2O/c1-9(2)8-15-12-7-11(5-6-14-12)13(16)10-3-4-10/h5-7,9,16H,3-4,8H2,1-2H3,(H,14,15). The molecule has 1 aromatic rings. The number of rotatable bonds is 4. The zero-order chi connectivity index (χ0) is 11.5. The van der Waals surface area contributed by atoms with Crippen molar-refractivity contribution in [1.82, 2.24) is 4.98 Å². The van der Waals surface area contributed by atoms with E-state index in [9.17, 15) is 5.11 Å². The van der Waals surface area contributed by atoms with Gasteiger partial charge in [-0.05, 0) is 36.5 Å². The van der Waals surface area contributed by atoms with Crippen LogP contribution in [-0.4, -0.2) is 16.6 Å². The van der Waals surface area contributed by atoms with Gasteiger partial charge in [-0.2, -0.15) is 0 Å². The number of pyridine rings is 1. The van der Waals surface area contributed by atoms with Crippen LogP contribution < -0.4 is 5.32 Å². The highest BCUT2D eigenvalue weighted by Gasteiger charge is 2.18. The van der Waals surface area contributed by atoms with Crippen molar-refractivity contribution in [1.29, 1.82) is 0 Å². The molecule has 1 heterocycles. The lowest BCUT2D eigenvalue weighted by Gasteiger charge is -2.09. The molecule has 0 amide bonds. The molecule has 1 aliphatic carbocycles. The van der Waals surface area contributed by atoms with Gasteiger partial charge in [0, 0.05) is 18.3 Å². The van der Waals surface area contributed by atoms with Crippen LogP contribution in [0.2, 0.25) is 0 Å². The van der Waals surface area contributed by atoms with E-state index in [1.807, 2.05) is 12.1 Å². The molecule has 1 aliphatic rings. The molecule has 3 nitrogen and oxygen atoms in total. The second kappa shape index (κ2) is 4.56. The summed E-state index contributed by atoms with van der Waals surface area (Å²) in [6.07, 6.45) is 3.79. The molecule has 2 N–H and O–H groups in total. The van der Waals surface area contributed by atoms with Crippen LogP contribution in [-0.2, 0) is 0 Å². The Hall–Kier alpha value is -1.51. The molecule has 2 rings (SSSR count). The van der Waals surface area contributed by atoms with Crippen molar-refractivity contribution in [3.05, 3.63) is 29.5 Å². The third-order valence-corrected chi connectivity index (χ3v) is 2.56. The van der Waals surface area contributed by atoms with Crippen molar-refractivity contribution < 1.29 is 5.11 Å². The van der Waals surface area contributed by atoms with Gasteiger partial charge in [-0.25, -0.2) is 4.98 Å². The summed E-state index contributed by atoms with van der Waals surface area (Å²) in [7, 11) is 0. The summed E-state index contributed by atoms with van der Waals surface area (Å²) >= 11 is 0. The Labute approximate surface area is 96.2 Å². The molecule has 3 heteroatoms. The first-order valence-corrected chi connectivity index (χ1v) is 5.78. The number of aliphatic hydroxyl groups is 1. The van der Waals surface area contributed by atoms with Crippen LogP contribution in [0.5, 0.6) is 0 Å². The van der Waals surface area contributed by atoms with E-state index in [1.54, 1.807) is 6.20 Å². The predicted octanol–water partition coefficient (Wildman–Crippen LogP) is 3.21. The zero-order valence-corrected chi connectivity index (χ0v) is 9.83. The van der Waals surface area contributed by atoms with Crippen LogP contribution in [0.4, 0.5) is 5.82 Å². The molecule has 0 aliphatic heterocycles. The molecule has 0 unspecified atom stereocenters. The van der Waals surface area contributed by atoms with Crippen molar-refractivity contribution in [3.63, 3.8) is 0 Å². The van der Waals surface area contributed by atoms with Gasteiger partial charge >= 0.3 is 0 Å². The van der Waals surface area contributed by atoms with Gasteiger partial charge in [0.25, 0.3) is 0 Å². The maximum Gasteiger partial charge on any atom is 0.126 e. The van der Waals surface area contributed by atoms with E-state index in [1.165, 1.54) is 0 Å². The highest BCUT2D eigenvalue weighted by molar-refractivity contribution is 5.66.